The number of fused-ring (bicyclic) bond motifs is 1. The van der Waals surface area contributed by atoms with E-state index in [0.717, 1.165) is 42.4 Å². The molecular weight excluding hydrogens is 312 g/mol. The summed E-state index contributed by atoms with van der Waals surface area (Å²) in [7, 11) is 0. The number of para-hydroxylation sites is 1. The number of pyridine rings is 1. The van der Waals surface area contributed by atoms with Crippen LogP contribution in [-0.2, 0) is 6.54 Å². The quantitative estimate of drug-likeness (QED) is 0.718. The lowest BCUT2D eigenvalue weighted by molar-refractivity contribution is 0.234. The van der Waals surface area contributed by atoms with Gasteiger partial charge in [0.2, 0.25) is 5.89 Å². The highest BCUT2D eigenvalue weighted by molar-refractivity contribution is 5.82. The SMILES string of the molecule is Cc1cc(CN2CCCC2c2noc(C3CC3)n2)c2ccccc2n1. The molecule has 1 saturated carbocycles. The van der Waals surface area contributed by atoms with E-state index in [1.54, 1.807) is 0 Å². The van der Waals surface area contributed by atoms with Crippen LogP contribution in [0.5, 0.6) is 0 Å². The van der Waals surface area contributed by atoms with Crippen molar-refractivity contribution in [3.05, 3.63) is 53.3 Å². The number of hydrogen-bond acceptors (Lipinski definition) is 5. The predicted octanol–water partition coefficient (Wildman–Crippen LogP) is 4.14. The molecule has 0 N–H and O–H groups in total. The number of aromatic nitrogens is 3. The summed E-state index contributed by atoms with van der Waals surface area (Å²) in [6.45, 7) is 4.05. The van der Waals surface area contributed by atoms with Crippen LogP contribution in [0.15, 0.2) is 34.9 Å². The highest BCUT2D eigenvalue weighted by Crippen LogP contribution is 2.40. The maximum atomic E-state index is 5.49. The number of nitrogens with zero attached hydrogens (tertiary/aromatic N) is 4. The minimum absolute atomic E-state index is 0.267. The minimum atomic E-state index is 0.267. The molecule has 1 atom stereocenters. The number of hydrogen-bond donors (Lipinski definition) is 0. The second kappa shape index (κ2) is 5.92. The molecule has 1 aromatic carbocycles. The van der Waals surface area contributed by atoms with Gasteiger partial charge < -0.3 is 4.52 Å². The van der Waals surface area contributed by atoms with Gasteiger partial charge in [0.25, 0.3) is 0 Å². The van der Waals surface area contributed by atoms with Gasteiger partial charge >= 0.3 is 0 Å². The topological polar surface area (TPSA) is 55.1 Å². The zero-order chi connectivity index (χ0) is 16.8. The van der Waals surface area contributed by atoms with E-state index in [2.05, 4.69) is 52.3 Å². The first kappa shape index (κ1) is 15.0. The van der Waals surface area contributed by atoms with E-state index in [-0.39, 0.29) is 6.04 Å². The van der Waals surface area contributed by atoms with Crippen molar-refractivity contribution >= 4 is 10.9 Å². The summed E-state index contributed by atoms with van der Waals surface area (Å²) in [5, 5.41) is 5.53. The summed E-state index contributed by atoms with van der Waals surface area (Å²) in [5.74, 6) is 2.23. The summed E-state index contributed by atoms with van der Waals surface area (Å²) in [5.41, 5.74) is 3.48. The molecule has 2 fully saturated rings. The molecular formula is C20H22N4O. The molecule has 1 aliphatic heterocycles. The van der Waals surface area contributed by atoms with Gasteiger partial charge in [-0.2, -0.15) is 4.98 Å². The third-order valence-corrected chi connectivity index (χ3v) is 5.35. The van der Waals surface area contributed by atoms with Crippen molar-refractivity contribution in [1.29, 1.82) is 0 Å². The second-order valence-corrected chi connectivity index (χ2v) is 7.33. The summed E-state index contributed by atoms with van der Waals surface area (Å²) >= 11 is 0. The van der Waals surface area contributed by atoms with E-state index in [0.29, 0.717) is 5.92 Å². The first-order chi connectivity index (χ1) is 12.3. The first-order valence-corrected chi connectivity index (χ1v) is 9.21. The Hall–Kier alpha value is -2.27. The molecule has 3 aromatic rings. The number of likely N-dealkylation sites (tertiary alicyclic amines) is 1. The summed E-state index contributed by atoms with van der Waals surface area (Å²) in [6.07, 6.45) is 4.67. The van der Waals surface area contributed by atoms with Crippen LogP contribution in [0, 0.1) is 6.92 Å². The smallest absolute Gasteiger partial charge is 0.229 e. The number of aryl methyl sites for hydroxylation is 1. The third-order valence-electron chi connectivity index (χ3n) is 5.35. The Bertz CT molecular complexity index is 915. The van der Waals surface area contributed by atoms with Crippen LogP contribution in [0.1, 0.15) is 60.6 Å². The largest absolute Gasteiger partial charge is 0.339 e. The third kappa shape index (κ3) is 2.82. The van der Waals surface area contributed by atoms with Gasteiger partial charge in [-0.3, -0.25) is 9.88 Å². The van der Waals surface area contributed by atoms with Gasteiger partial charge in [-0.25, -0.2) is 0 Å². The first-order valence-electron chi connectivity index (χ1n) is 9.21. The van der Waals surface area contributed by atoms with Crippen molar-refractivity contribution in [3.63, 3.8) is 0 Å². The van der Waals surface area contributed by atoms with Crippen molar-refractivity contribution in [1.82, 2.24) is 20.0 Å². The fourth-order valence-electron chi connectivity index (χ4n) is 3.93. The number of benzene rings is 1. The predicted molar refractivity (Wildman–Crippen MR) is 95.1 cm³/mol. The Morgan fingerprint density at radius 3 is 2.92 bits per heavy atom. The zero-order valence-electron chi connectivity index (χ0n) is 14.5. The molecule has 5 heteroatoms. The molecule has 25 heavy (non-hydrogen) atoms. The molecule has 0 bridgehead atoms. The monoisotopic (exact) mass is 334 g/mol. The van der Waals surface area contributed by atoms with Crippen molar-refractivity contribution in [2.45, 2.75) is 51.1 Å². The lowest BCUT2D eigenvalue weighted by Crippen LogP contribution is -2.24. The average molecular weight is 334 g/mol. The Balaban J connectivity index is 1.44. The summed E-state index contributed by atoms with van der Waals surface area (Å²) in [4.78, 5) is 11.8. The van der Waals surface area contributed by atoms with Crippen molar-refractivity contribution < 1.29 is 4.52 Å². The number of rotatable bonds is 4. The molecule has 1 saturated heterocycles. The lowest BCUT2D eigenvalue weighted by atomic mass is 10.1. The van der Waals surface area contributed by atoms with Crippen LogP contribution < -0.4 is 0 Å². The molecule has 0 radical (unpaired) electrons. The average Bonchev–Trinajstić information content (AvgIpc) is 3.16. The molecule has 0 amide bonds. The van der Waals surface area contributed by atoms with Gasteiger partial charge in [0.05, 0.1) is 11.6 Å². The van der Waals surface area contributed by atoms with Crippen LogP contribution in [0.2, 0.25) is 0 Å². The molecule has 2 aromatic heterocycles. The molecule has 1 unspecified atom stereocenters. The van der Waals surface area contributed by atoms with Crippen LogP contribution >= 0.6 is 0 Å². The molecule has 0 spiro atoms. The lowest BCUT2D eigenvalue weighted by Gasteiger charge is -2.22. The normalized spacial score (nSPS) is 21.2. The highest BCUT2D eigenvalue weighted by Gasteiger charge is 2.34. The maximum Gasteiger partial charge on any atom is 0.229 e. The van der Waals surface area contributed by atoms with Crippen LogP contribution in [0.4, 0.5) is 0 Å². The van der Waals surface area contributed by atoms with Gasteiger partial charge in [-0.05, 0) is 56.8 Å². The summed E-state index contributed by atoms with van der Waals surface area (Å²) < 4.78 is 5.49. The van der Waals surface area contributed by atoms with Crippen molar-refractivity contribution in [3.8, 4) is 0 Å². The van der Waals surface area contributed by atoms with E-state index in [1.807, 2.05) is 0 Å². The molecule has 5 rings (SSSR count). The fraction of sp³-hybridized carbons (Fsp3) is 0.450. The standard InChI is InChI=1S/C20H22N4O/c1-13-11-15(16-5-2-3-6-17(16)21-13)12-24-10-4-7-18(24)19-22-20(25-23-19)14-8-9-14/h2-3,5-6,11,14,18H,4,7-10,12H2,1H3. The Morgan fingerprint density at radius 1 is 1.16 bits per heavy atom. The Labute approximate surface area is 147 Å². The van der Waals surface area contributed by atoms with Crippen molar-refractivity contribution in [2.24, 2.45) is 0 Å². The van der Waals surface area contributed by atoms with Gasteiger partial charge in [0.1, 0.15) is 0 Å². The Kier molecular flexibility index (Phi) is 3.55. The molecule has 3 heterocycles. The maximum absolute atomic E-state index is 5.49. The van der Waals surface area contributed by atoms with Crippen molar-refractivity contribution in [2.75, 3.05) is 6.54 Å². The van der Waals surface area contributed by atoms with E-state index in [9.17, 15) is 0 Å². The molecule has 2 aliphatic rings. The minimum Gasteiger partial charge on any atom is -0.339 e. The second-order valence-electron chi connectivity index (χ2n) is 7.33. The van der Waals surface area contributed by atoms with E-state index in [1.165, 1.54) is 30.2 Å². The fourth-order valence-corrected chi connectivity index (χ4v) is 3.93. The molecule has 5 nitrogen and oxygen atoms in total. The van der Waals surface area contributed by atoms with Gasteiger partial charge in [0.15, 0.2) is 5.82 Å². The van der Waals surface area contributed by atoms with Gasteiger partial charge in [-0.1, -0.05) is 23.4 Å². The van der Waals surface area contributed by atoms with Crippen LogP contribution in [-0.4, -0.2) is 26.6 Å². The molecule has 1 aliphatic carbocycles. The highest BCUT2D eigenvalue weighted by atomic mass is 16.5. The zero-order valence-corrected chi connectivity index (χ0v) is 14.5. The molecule has 128 valence electrons. The van der Waals surface area contributed by atoms with E-state index >= 15 is 0 Å². The van der Waals surface area contributed by atoms with Crippen LogP contribution in [0.3, 0.4) is 0 Å². The summed E-state index contributed by atoms with van der Waals surface area (Å²) in [6, 6.07) is 10.9. The van der Waals surface area contributed by atoms with Crippen LogP contribution in [0.25, 0.3) is 10.9 Å². The Morgan fingerprint density at radius 2 is 2.04 bits per heavy atom. The van der Waals surface area contributed by atoms with E-state index < -0.39 is 0 Å². The van der Waals surface area contributed by atoms with Gasteiger partial charge in [-0.15, -0.1) is 0 Å². The van der Waals surface area contributed by atoms with Gasteiger partial charge in [0, 0.05) is 23.5 Å². The van der Waals surface area contributed by atoms with E-state index in [4.69, 9.17) is 9.51 Å².